The number of hydrogen-bond donors (Lipinski definition) is 1. The van der Waals surface area contributed by atoms with E-state index in [0.29, 0.717) is 17.5 Å². The van der Waals surface area contributed by atoms with E-state index in [-0.39, 0.29) is 5.00 Å². The topological polar surface area (TPSA) is 93.8 Å². The maximum atomic E-state index is 10.5. The van der Waals surface area contributed by atoms with Gasteiger partial charge in [-0.2, -0.15) is 0 Å². The number of nitro groups is 1. The van der Waals surface area contributed by atoms with Crippen molar-refractivity contribution >= 4 is 21.5 Å². The highest BCUT2D eigenvalue weighted by atomic mass is 32.1. The van der Waals surface area contributed by atoms with Crippen LogP contribution in [0.3, 0.4) is 0 Å². The van der Waals surface area contributed by atoms with Crippen LogP contribution in [0, 0.1) is 17.0 Å². The summed E-state index contributed by atoms with van der Waals surface area (Å²) in [7, 11) is 0. The predicted molar refractivity (Wildman–Crippen MR) is 62.9 cm³/mol. The first-order chi connectivity index (χ1) is 8.15. The third kappa shape index (κ3) is 2.94. The molecule has 2 aromatic heterocycles. The molecule has 0 aromatic carbocycles. The molecule has 2 heterocycles. The van der Waals surface area contributed by atoms with Gasteiger partial charge >= 0.3 is 5.00 Å². The first-order valence-corrected chi connectivity index (χ1v) is 5.59. The van der Waals surface area contributed by atoms with Crippen LogP contribution in [0.4, 0.5) is 10.1 Å². The van der Waals surface area contributed by atoms with E-state index in [1.165, 1.54) is 6.20 Å². The van der Waals surface area contributed by atoms with E-state index < -0.39 is 4.92 Å². The van der Waals surface area contributed by atoms with Gasteiger partial charge in [0.2, 0.25) is 0 Å². The molecule has 0 radical (unpaired) electrons. The summed E-state index contributed by atoms with van der Waals surface area (Å²) in [5.41, 5.74) is 0.815. The van der Waals surface area contributed by atoms with E-state index >= 15 is 0 Å². The molecule has 2 aromatic rings. The van der Waals surface area contributed by atoms with Crippen LogP contribution in [0.1, 0.15) is 11.5 Å². The fourth-order valence-electron chi connectivity index (χ4n) is 1.20. The smallest absolute Gasteiger partial charge is 0.345 e. The van der Waals surface area contributed by atoms with Crippen molar-refractivity contribution in [1.29, 1.82) is 0 Å². The third-order valence-electron chi connectivity index (χ3n) is 1.93. The minimum absolute atomic E-state index is 0.0198. The largest absolute Gasteiger partial charge is 0.356 e. The lowest BCUT2D eigenvalue weighted by atomic mass is 10.4. The molecule has 0 aliphatic rings. The Bertz CT molecular complexity index is 542. The standard InChI is InChI=1S/C9H9N5O2S/c1-6-10-3-2-7(13-6)4-11-9-12-5-8(17-9)14(15)16/h2-3,5H,4H2,1H3,(H,11,12). The third-order valence-corrected chi connectivity index (χ3v) is 2.83. The first kappa shape index (κ1) is 11.4. The minimum atomic E-state index is -0.461. The summed E-state index contributed by atoms with van der Waals surface area (Å²) in [4.78, 5) is 22.1. The van der Waals surface area contributed by atoms with Gasteiger partial charge in [0.25, 0.3) is 0 Å². The zero-order chi connectivity index (χ0) is 12.3. The van der Waals surface area contributed by atoms with Crippen LogP contribution < -0.4 is 5.32 Å². The summed E-state index contributed by atoms with van der Waals surface area (Å²) in [5, 5.41) is 14.0. The lowest BCUT2D eigenvalue weighted by molar-refractivity contribution is -0.380. The number of aryl methyl sites for hydroxylation is 1. The lowest BCUT2D eigenvalue weighted by Gasteiger charge is -2.01. The molecule has 0 fully saturated rings. The van der Waals surface area contributed by atoms with Crippen LogP contribution in [0.2, 0.25) is 0 Å². The molecule has 1 N–H and O–H groups in total. The van der Waals surface area contributed by atoms with Gasteiger partial charge in [-0.25, -0.2) is 15.0 Å². The van der Waals surface area contributed by atoms with Crippen molar-refractivity contribution in [3.05, 3.63) is 40.1 Å². The average Bonchev–Trinajstić information content (AvgIpc) is 2.75. The minimum Gasteiger partial charge on any atom is -0.356 e. The van der Waals surface area contributed by atoms with Crippen molar-refractivity contribution in [3.8, 4) is 0 Å². The van der Waals surface area contributed by atoms with E-state index in [0.717, 1.165) is 17.0 Å². The second-order valence-corrected chi connectivity index (χ2v) is 4.22. The van der Waals surface area contributed by atoms with Crippen LogP contribution >= 0.6 is 11.3 Å². The summed E-state index contributed by atoms with van der Waals surface area (Å²) < 4.78 is 0. The van der Waals surface area contributed by atoms with Gasteiger partial charge in [-0.3, -0.25) is 10.1 Å². The molecular formula is C9H9N5O2S. The highest BCUT2D eigenvalue weighted by molar-refractivity contribution is 7.18. The quantitative estimate of drug-likeness (QED) is 0.657. The number of hydrogen-bond acceptors (Lipinski definition) is 7. The molecule has 8 heteroatoms. The van der Waals surface area contributed by atoms with E-state index in [2.05, 4.69) is 20.3 Å². The molecule has 0 saturated heterocycles. The highest BCUT2D eigenvalue weighted by Gasteiger charge is 2.10. The maximum absolute atomic E-state index is 10.5. The Hall–Kier alpha value is -2.09. The monoisotopic (exact) mass is 251 g/mol. The van der Waals surface area contributed by atoms with Gasteiger partial charge in [0.05, 0.1) is 17.2 Å². The molecule has 0 unspecified atom stereocenters. The van der Waals surface area contributed by atoms with Gasteiger partial charge in [-0.15, -0.1) is 0 Å². The Morgan fingerprint density at radius 2 is 2.35 bits per heavy atom. The van der Waals surface area contributed by atoms with E-state index in [4.69, 9.17) is 0 Å². The van der Waals surface area contributed by atoms with Crippen molar-refractivity contribution in [2.45, 2.75) is 13.5 Å². The molecule has 17 heavy (non-hydrogen) atoms. The molecule has 0 aliphatic heterocycles. The summed E-state index contributed by atoms with van der Waals surface area (Å²) in [5.74, 6) is 0.689. The zero-order valence-corrected chi connectivity index (χ0v) is 9.77. The number of rotatable bonds is 4. The first-order valence-electron chi connectivity index (χ1n) is 4.78. The number of thiazole rings is 1. The van der Waals surface area contributed by atoms with Crippen molar-refractivity contribution in [3.63, 3.8) is 0 Å². The highest BCUT2D eigenvalue weighted by Crippen LogP contribution is 2.25. The fourth-order valence-corrected chi connectivity index (χ4v) is 1.83. The second-order valence-electron chi connectivity index (χ2n) is 3.21. The van der Waals surface area contributed by atoms with Crippen LogP contribution in [0.15, 0.2) is 18.5 Å². The van der Waals surface area contributed by atoms with Gasteiger partial charge in [0.15, 0.2) is 5.13 Å². The zero-order valence-electron chi connectivity index (χ0n) is 8.95. The van der Waals surface area contributed by atoms with Crippen LogP contribution in [-0.4, -0.2) is 19.9 Å². The summed E-state index contributed by atoms with van der Waals surface area (Å²) >= 11 is 1.000. The van der Waals surface area contributed by atoms with Crippen molar-refractivity contribution in [2.75, 3.05) is 5.32 Å². The maximum Gasteiger partial charge on any atom is 0.345 e. The van der Waals surface area contributed by atoms with Gasteiger partial charge in [-0.1, -0.05) is 0 Å². The van der Waals surface area contributed by atoms with Crippen LogP contribution in [0.25, 0.3) is 0 Å². The van der Waals surface area contributed by atoms with Crippen molar-refractivity contribution < 1.29 is 4.92 Å². The molecule has 0 aliphatic carbocycles. The average molecular weight is 251 g/mol. The van der Waals surface area contributed by atoms with Gasteiger partial charge in [0.1, 0.15) is 12.0 Å². The molecule has 0 bridgehead atoms. The van der Waals surface area contributed by atoms with Crippen LogP contribution in [-0.2, 0) is 6.54 Å². The SMILES string of the molecule is Cc1nccc(CNc2ncc([N+](=O)[O-])s2)n1. The molecule has 0 spiro atoms. The predicted octanol–water partition coefficient (Wildman–Crippen LogP) is 1.76. The van der Waals surface area contributed by atoms with Crippen LogP contribution in [0.5, 0.6) is 0 Å². The van der Waals surface area contributed by atoms with E-state index in [1.54, 1.807) is 19.2 Å². The summed E-state index contributed by atoms with van der Waals surface area (Å²) in [6, 6.07) is 1.78. The Labute approximate surface area is 101 Å². The Morgan fingerprint density at radius 1 is 1.53 bits per heavy atom. The number of aromatic nitrogens is 3. The van der Waals surface area contributed by atoms with Gasteiger partial charge < -0.3 is 5.32 Å². The summed E-state index contributed by atoms with van der Waals surface area (Å²) in [6.07, 6.45) is 2.90. The molecule has 0 saturated carbocycles. The normalized spacial score (nSPS) is 10.2. The molecule has 0 atom stereocenters. The molecule has 0 amide bonds. The Balaban J connectivity index is 2.00. The number of nitrogens with one attached hydrogen (secondary N) is 1. The second kappa shape index (κ2) is 4.83. The molecule has 7 nitrogen and oxygen atoms in total. The van der Waals surface area contributed by atoms with Gasteiger partial charge in [-0.05, 0) is 24.3 Å². The number of anilines is 1. The van der Waals surface area contributed by atoms with Gasteiger partial charge in [0, 0.05) is 6.20 Å². The molecule has 88 valence electrons. The molecular weight excluding hydrogens is 242 g/mol. The van der Waals surface area contributed by atoms with E-state index in [1.807, 2.05) is 0 Å². The lowest BCUT2D eigenvalue weighted by Crippen LogP contribution is -2.02. The Kier molecular flexibility index (Phi) is 3.24. The van der Waals surface area contributed by atoms with Crippen molar-refractivity contribution in [1.82, 2.24) is 15.0 Å². The number of nitrogens with zero attached hydrogens (tertiary/aromatic N) is 4. The molecule has 2 rings (SSSR count). The summed E-state index contributed by atoms with van der Waals surface area (Å²) in [6.45, 7) is 2.27. The van der Waals surface area contributed by atoms with Crippen molar-refractivity contribution in [2.24, 2.45) is 0 Å². The van der Waals surface area contributed by atoms with E-state index in [9.17, 15) is 10.1 Å². The fraction of sp³-hybridized carbons (Fsp3) is 0.222. The Morgan fingerprint density at radius 3 is 3.00 bits per heavy atom.